The first-order valence-electron chi connectivity index (χ1n) is 5.71. The molecule has 0 aromatic heterocycles. The van der Waals surface area contributed by atoms with Crippen molar-refractivity contribution in [2.24, 2.45) is 0 Å². The Morgan fingerprint density at radius 1 is 0.850 bits per heavy atom. The van der Waals surface area contributed by atoms with Crippen LogP contribution in [0.15, 0.2) is 9.81 Å². The van der Waals surface area contributed by atoms with Gasteiger partial charge in [0.15, 0.2) is 29.5 Å². The third-order valence-electron chi connectivity index (χ3n) is 2.37. The second kappa shape index (κ2) is 5.92. The molecule has 1 heterocycles. The molecular formula is C10H14O8S2. The lowest BCUT2D eigenvalue weighted by molar-refractivity contribution is -0.140. The first-order chi connectivity index (χ1) is 9.17. The normalized spacial score (nSPS) is 20.3. The highest BCUT2D eigenvalue weighted by Crippen LogP contribution is 2.27. The Morgan fingerprint density at radius 3 is 1.40 bits per heavy atom. The summed E-state index contributed by atoms with van der Waals surface area (Å²) in [5, 5.41) is 0. The average molecular weight is 326 g/mol. The zero-order chi connectivity index (χ0) is 15.6. The van der Waals surface area contributed by atoms with Crippen molar-refractivity contribution in [3.63, 3.8) is 0 Å². The molecule has 1 rings (SSSR count). The Labute approximate surface area is 116 Å². The topological polar surface area (TPSA) is 121 Å². The first-order valence-corrected chi connectivity index (χ1v) is 9.01. The fourth-order valence-corrected chi connectivity index (χ4v) is 5.82. The molecule has 0 spiro atoms. The summed E-state index contributed by atoms with van der Waals surface area (Å²) in [5.41, 5.74) is 0. The number of sulfone groups is 2. The van der Waals surface area contributed by atoms with E-state index in [1.165, 1.54) is 13.8 Å². The van der Waals surface area contributed by atoms with Gasteiger partial charge in [-0.15, -0.1) is 0 Å². The molecule has 0 atom stereocenters. The van der Waals surface area contributed by atoms with Crippen LogP contribution in [0.4, 0.5) is 0 Å². The molecule has 0 amide bonds. The average Bonchev–Trinajstić information content (AvgIpc) is 2.32. The molecule has 1 aliphatic heterocycles. The minimum absolute atomic E-state index is 0.159. The second-order valence-corrected chi connectivity index (χ2v) is 7.83. The fourth-order valence-electron chi connectivity index (χ4n) is 1.54. The van der Waals surface area contributed by atoms with Crippen LogP contribution in [0.3, 0.4) is 0 Å². The SMILES string of the molecule is CCOC(=O)C1=C(C(=O)OCC)S(=O)(=O)CCS1(=O)=O. The highest BCUT2D eigenvalue weighted by molar-refractivity contribution is 8.03. The van der Waals surface area contributed by atoms with E-state index in [1.807, 2.05) is 0 Å². The van der Waals surface area contributed by atoms with Gasteiger partial charge in [0.2, 0.25) is 0 Å². The van der Waals surface area contributed by atoms with Crippen molar-refractivity contribution in [2.75, 3.05) is 24.7 Å². The van der Waals surface area contributed by atoms with Gasteiger partial charge >= 0.3 is 11.9 Å². The van der Waals surface area contributed by atoms with E-state index in [4.69, 9.17) is 0 Å². The standard InChI is InChI=1S/C10H14O8S2/c1-3-17-9(11)7-8(10(12)18-4-2)20(15,16)6-5-19(7,13)14/h3-6H2,1-2H3. The van der Waals surface area contributed by atoms with Crippen LogP contribution in [0.1, 0.15) is 13.8 Å². The van der Waals surface area contributed by atoms with E-state index >= 15 is 0 Å². The molecule has 8 nitrogen and oxygen atoms in total. The maximum Gasteiger partial charge on any atom is 0.351 e. The van der Waals surface area contributed by atoms with Gasteiger partial charge in [-0.2, -0.15) is 0 Å². The molecule has 20 heavy (non-hydrogen) atoms. The zero-order valence-corrected chi connectivity index (χ0v) is 12.5. The van der Waals surface area contributed by atoms with Gasteiger partial charge in [-0.3, -0.25) is 0 Å². The molecular weight excluding hydrogens is 312 g/mol. The van der Waals surface area contributed by atoms with Crippen LogP contribution in [0.25, 0.3) is 0 Å². The fraction of sp³-hybridized carbons (Fsp3) is 0.600. The highest BCUT2D eigenvalue weighted by atomic mass is 32.2. The molecule has 0 aliphatic carbocycles. The monoisotopic (exact) mass is 326 g/mol. The molecule has 10 heteroatoms. The first kappa shape index (κ1) is 16.6. The number of hydrogen-bond acceptors (Lipinski definition) is 8. The summed E-state index contributed by atoms with van der Waals surface area (Å²) < 4.78 is 56.5. The molecule has 0 unspecified atom stereocenters. The van der Waals surface area contributed by atoms with Gasteiger partial charge in [-0.05, 0) is 13.8 Å². The number of hydrogen-bond donors (Lipinski definition) is 0. The quantitative estimate of drug-likeness (QED) is 0.614. The van der Waals surface area contributed by atoms with Gasteiger partial charge in [0.25, 0.3) is 0 Å². The molecule has 0 aromatic carbocycles. The molecule has 0 fully saturated rings. The Bertz CT molecular complexity index is 595. The van der Waals surface area contributed by atoms with Crippen LogP contribution >= 0.6 is 0 Å². The van der Waals surface area contributed by atoms with Gasteiger partial charge in [-0.1, -0.05) is 0 Å². The Balaban J connectivity index is 3.62. The Morgan fingerprint density at radius 2 is 1.15 bits per heavy atom. The van der Waals surface area contributed by atoms with Gasteiger partial charge in [-0.25, -0.2) is 26.4 Å². The number of esters is 2. The largest absolute Gasteiger partial charge is 0.462 e. The lowest BCUT2D eigenvalue weighted by Crippen LogP contribution is -2.35. The molecule has 0 aromatic rings. The molecule has 1 aliphatic rings. The van der Waals surface area contributed by atoms with Crippen LogP contribution < -0.4 is 0 Å². The lowest BCUT2D eigenvalue weighted by Gasteiger charge is -2.18. The van der Waals surface area contributed by atoms with Gasteiger partial charge in [0.05, 0.1) is 24.7 Å². The van der Waals surface area contributed by atoms with Crippen molar-refractivity contribution in [1.82, 2.24) is 0 Å². The zero-order valence-electron chi connectivity index (χ0n) is 10.9. The predicted octanol–water partition coefficient (Wildman–Crippen LogP) is -0.833. The summed E-state index contributed by atoms with van der Waals surface area (Å²) in [5.74, 6) is -4.27. The van der Waals surface area contributed by atoms with Crippen molar-refractivity contribution in [3.05, 3.63) is 9.81 Å². The van der Waals surface area contributed by atoms with E-state index in [0.29, 0.717) is 0 Å². The van der Waals surface area contributed by atoms with Gasteiger partial charge < -0.3 is 9.47 Å². The minimum atomic E-state index is -4.20. The van der Waals surface area contributed by atoms with Gasteiger partial charge in [0, 0.05) is 0 Å². The van der Waals surface area contributed by atoms with Crippen LogP contribution in [0.5, 0.6) is 0 Å². The van der Waals surface area contributed by atoms with E-state index in [1.54, 1.807) is 0 Å². The van der Waals surface area contributed by atoms with E-state index in [2.05, 4.69) is 9.47 Å². The van der Waals surface area contributed by atoms with Crippen molar-refractivity contribution in [3.8, 4) is 0 Å². The van der Waals surface area contributed by atoms with Crippen LogP contribution in [-0.4, -0.2) is 53.5 Å². The molecule has 0 N–H and O–H groups in total. The number of rotatable bonds is 4. The maximum absolute atomic E-state index is 11.9. The van der Waals surface area contributed by atoms with E-state index in [0.717, 1.165) is 0 Å². The van der Waals surface area contributed by atoms with Gasteiger partial charge in [0.1, 0.15) is 0 Å². The Kier molecular flexibility index (Phi) is 4.92. The molecule has 0 bridgehead atoms. The van der Waals surface area contributed by atoms with Crippen molar-refractivity contribution in [1.29, 1.82) is 0 Å². The number of carbonyl (C=O) groups excluding carboxylic acids is 2. The molecule has 114 valence electrons. The molecule has 0 radical (unpaired) electrons. The number of carbonyl (C=O) groups is 2. The molecule has 0 saturated heterocycles. The second-order valence-electron chi connectivity index (χ2n) is 3.74. The summed E-state index contributed by atoms with van der Waals surface area (Å²) in [6.07, 6.45) is 0. The Hall–Kier alpha value is -1.42. The van der Waals surface area contributed by atoms with Crippen LogP contribution in [0, 0.1) is 0 Å². The van der Waals surface area contributed by atoms with Crippen molar-refractivity contribution < 1.29 is 35.9 Å². The summed E-state index contributed by atoms with van der Waals surface area (Å²) in [6, 6.07) is 0. The third kappa shape index (κ3) is 3.18. The van der Waals surface area contributed by atoms with Crippen molar-refractivity contribution in [2.45, 2.75) is 13.8 Å². The van der Waals surface area contributed by atoms with E-state index < -0.39 is 52.9 Å². The van der Waals surface area contributed by atoms with Crippen molar-refractivity contribution >= 4 is 31.6 Å². The summed E-state index contributed by atoms with van der Waals surface area (Å²) in [7, 11) is -8.41. The summed E-state index contributed by atoms with van der Waals surface area (Å²) in [6.45, 7) is 2.53. The predicted molar refractivity (Wildman–Crippen MR) is 67.9 cm³/mol. The lowest BCUT2D eigenvalue weighted by atomic mass is 10.5. The summed E-state index contributed by atoms with van der Waals surface area (Å²) in [4.78, 5) is 21.1. The smallest absolute Gasteiger partial charge is 0.351 e. The number of ether oxygens (including phenoxy) is 2. The summed E-state index contributed by atoms with van der Waals surface area (Å²) >= 11 is 0. The maximum atomic E-state index is 11.9. The van der Waals surface area contributed by atoms with E-state index in [9.17, 15) is 26.4 Å². The minimum Gasteiger partial charge on any atom is -0.462 e. The van der Waals surface area contributed by atoms with E-state index in [-0.39, 0.29) is 13.2 Å². The highest BCUT2D eigenvalue weighted by Gasteiger charge is 2.45. The van der Waals surface area contributed by atoms with Crippen LogP contribution in [-0.2, 0) is 38.7 Å². The van der Waals surface area contributed by atoms with Crippen LogP contribution in [0.2, 0.25) is 0 Å². The molecule has 0 saturated carbocycles. The third-order valence-corrected chi connectivity index (χ3v) is 6.23.